The fourth-order valence-electron chi connectivity index (χ4n) is 5.32. The van der Waals surface area contributed by atoms with E-state index in [0.29, 0.717) is 17.3 Å². The Hall–Kier alpha value is -2.74. The molecule has 2 N–H and O–H groups in total. The predicted octanol–water partition coefficient (Wildman–Crippen LogP) is 4.01. The molecule has 2 aliphatic rings. The van der Waals surface area contributed by atoms with Gasteiger partial charge in [-0.05, 0) is 77.8 Å². The number of carbonyl (C=O) groups is 4. The molecule has 1 aliphatic carbocycles. The summed E-state index contributed by atoms with van der Waals surface area (Å²) in [5.74, 6) is -1.68. The zero-order valence-electron chi connectivity index (χ0n) is 25.7. The maximum absolute atomic E-state index is 14.2. The van der Waals surface area contributed by atoms with Crippen molar-refractivity contribution in [2.75, 3.05) is 13.2 Å². The van der Waals surface area contributed by atoms with Crippen LogP contribution in [0.1, 0.15) is 80.2 Å². The molecule has 12 nitrogen and oxygen atoms in total. The van der Waals surface area contributed by atoms with Gasteiger partial charge in [0, 0.05) is 19.4 Å². The maximum atomic E-state index is 14.2. The summed E-state index contributed by atoms with van der Waals surface area (Å²) in [5.41, 5.74) is -2.54. The lowest BCUT2D eigenvalue weighted by Gasteiger charge is -2.36. The second-order valence-corrected chi connectivity index (χ2v) is 14.8. The largest absolute Gasteiger partial charge is 0.464 e. The molecule has 1 aromatic heterocycles. The second kappa shape index (κ2) is 13.1. The van der Waals surface area contributed by atoms with Crippen molar-refractivity contribution in [1.82, 2.24) is 25.3 Å². The van der Waals surface area contributed by atoms with Gasteiger partial charge in [-0.25, -0.2) is 14.3 Å². The van der Waals surface area contributed by atoms with E-state index < -0.39 is 64.1 Å². The van der Waals surface area contributed by atoms with Crippen molar-refractivity contribution < 1.29 is 28.7 Å². The molecule has 0 bridgehead atoms. The smallest absolute Gasteiger partial charge is 0.408 e. The second-order valence-electron chi connectivity index (χ2n) is 13.1. The summed E-state index contributed by atoms with van der Waals surface area (Å²) in [6.45, 7) is 16.3. The highest BCUT2D eigenvalue weighted by Crippen LogP contribution is 2.36. The Morgan fingerprint density at radius 3 is 2.37 bits per heavy atom. The van der Waals surface area contributed by atoms with Gasteiger partial charge in [-0.1, -0.05) is 32.9 Å². The van der Waals surface area contributed by atoms with Gasteiger partial charge in [0.05, 0.1) is 23.3 Å². The first-order chi connectivity index (χ1) is 19.8. The standard InChI is InChI=1S/C29H41Br2N5O7/c1-9-42-25(40)29(11-10-16(2)13-29)34-22(37)19-12-17(36-23(38)20(31)18(30)14-32-36)15-35(19)24(39)21(27(3,4)5)33-26(41)43-28(6,7)8/h14,17,19,21H,2,9-13,15H2,1,3-8H3,(H,33,41)(H,34,37)/t17-,19+,21-,29-/m1/s1. The van der Waals surface area contributed by atoms with E-state index in [2.05, 4.69) is 54.2 Å². The number of hydrogen-bond donors (Lipinski definition) is 2. The lowest BCUT2D eigenvalue weighted by atomic mass is 9.85. The van der Waals surface area contributed by atoms with Crippen LogP contribution in [0.3, 0.4) is 0 Å². The Morgan fingerprint density at radius 1 is 1.19 bits per heavy atom. The molecule has 14 heteroatoms. The van der Waals surface area contributed by atoms with Crippen LogP contribution in [0.15, 0.2) is 32.1 Å². The number of carbonyl (C=O) groups excluding carboxylic acids is 4. The van der Waals surface area contributed by atoms with Gasteiger partial charge in [0.1, 0.15) is 27.7 Å². The van der Waals surface area contributed by atoms with Gasteiger partial charge in [0.2, 0.25) is 11.8 Å². The highest BCUT2D eigenvalue weighted by atomic mass is 79.9. The van der Waals surface area contributed by atoms with Crippen molar-refractivity contribution in [1.29, 1.82) is 0 Å². The number of nitrogens with one attached hydrogen (secondary N) is 2. The number of rotatable bonds is 7. The van der Waals surface area contributed by atoms with E-state index in [4.69, 9.17) is 9.47 Å². The molecule has 3 rings (SSSR count). The Kier molecular flexibility index (Phi) is 10.6. The first kappa shape index (κ1) is 34.7. The van der Waals surface area contributed by atoms with Crippen LogP contribution in [0.5, 0.6) is 0 Å². The van der Waals surface area contributed by atoms with Gasteiger partial charge in [0.15, 0.2) is 0 Å². The number of amides is 3. The summed E-state index contributed by atoms with van der Waals surface area (Å²) in [6, 6.07) is -2.84. The number of halogens is 2. The van der Waals surface area contributed by atoms with Crippen LogP contribution in [0.25, 0.3) is 0 Å². The summed E-state index contributed by atoms with van der Waals surface area (Å²) in [4.78, 5) is 68.6. The average molecular weight is 731 g/mol. The van der Waals surface area contributed by atoms with Crippen molar-refractivity contribution in [3.8, 4) is 0 Å². The molecule has 2 heterocycles. The molecule has 0 unspecified atom stereocenters. The third kappa shape index (κ3) is 8.05. The van der Waals surface area contributed by atoms with E-state index in [-0.39, 0.29) is 30.5 Å². The van der Waals surface area contributed by atoms with Gasteiger partial charge in [-0.3, -0.25) is 14.4 Å². The predicted molar refractivity (Wildman–Crippen MR) is 166 cm³/mol. The van der Waals surface area contributed by atoms with Crippen LogP contribution in [0.2, 0.25) is 0 Å². The molecular weight excluding hydrogens is 690 g/mol. The Balaban J connectivity index is 2.02. The molecular formula is C29H41Br2N5O7. The van der Waals surface area contributed by atoms with Crippen molar-refractivity contribution in [2.45, 2.75) is 103 Å². The van der Waals surface area contributed by atoms with Crippen LogP contribution in [0, 0.1) is 5.41 Å². The minimum Gasteiger partial charge on any atom is -0.464 e. The summed E-state index contributed by atoms with van der Waals surface area (Å²) < 4.78 is 12.7. The number of esters is 1. The highest BCUT2D eigenvalue weighted by molar-refractivity contribution is 9.13. The third-order valence-electron chi connectivity index (χ3n) is 7.37. The zero-order chi connectivity index (χ0) is 32.5. The van der Waals surface area contributed by atoms with Crippen LogP contribution in [-0.2, 0) is 23.9 Å². The van der Waals surface area contributed by atoms with Gasteiger partial charge in [-0.15, -0.1) is 0 Å². The quantitative estimate of drug-likeness (QED) is 0.316. The molecule has 1 saturated heterocycles. The van der Waals surface area contributed by atoms with E-state index in [1.807, 2.05) is 0 Å². The summed E-state index contributed by atoms with van der Waals surface area (Å²) >= 11 is 6.54. The SMILES string of the molecule is C=C1CC[C@](NC(=O)[C@@H]2C[C@@H](n3ncc(Br)c(Br)c3=O)CN2C(=O)[C@@H](NC(=O)OC(C)(C)C)C(C)(C)C)(C(=O)OCC)C1. The number of likely N-dealkylation sites (tertiary alicyclic amines) is 1. The van der Waals surface area contributed by atoms with E-state index in [1.54, 1.807) is 48.5 Å². The molecule has 238 valence electrons. The number of hydrogen-bond acceptors (Lipinski definition) is 8. The van der Waals surface area contributed by atoms with Gasteiger partial charge >= 0.3 is 12.1 Å². The lowest BCUT2D eigenvalue weighted by molar-refractivity contribution is -0.154. The highest BCUT2D eigenvalue weighted by Gasteiger charge is 2.50. The first-order valence-corrected chi connectivity index (χ1v) is 15.8. The van der Waals surface area contributed by atoms with Gasteiger partial charge in [-0.2, -0.15) is 5.10 Å². The lowest BCUT2D eigenvalue weighted by Crippen LogP contribution is -2.61. The molecule has 2 fully saturated rings. The van der Waals surface area contributed by atoms with E-state index in [1.165, 1.54) is 15.8 Å². The van der Waals surface area contributed by atoms with Crippen LogP contribution in [-0.4, -0.2) is 74.9 Å². The fourth-order valence-corrected chi connectivity index (χ4v) is 5.87. The molecule has 4 atom stereocenters. The minimum absolute atomic E-state index is 0.0421. The zero-order valence-corrected chi connectivity index (χ0v) is 28.9. The van der Waals surface area contributed by atoms with Crippen LogP contribution in [0.4, 0.5) is 4.79 Å². The first-order valence-electron chi connectivity index (χ1n) is 14.2. The van der Waals surface area contributed by atoms with Gasteiger partial charge in [0.25, 0.3) is 5.56 Å². The molecule has 0 radical (unpaired) electrons. The normalized spacial score (nSPS) is 23.1. The molecule has 1 aliphatic heterocycles. The number of nitrogens with zero attached hydrogens (tertiary/aromatic N) is 3. The van der Waals surface area contributed by atoms with Crippen LogP contribution >= 0.6 is 31.9 Å². The topological polar surface area (TPSA) is 149 Å². The third-order valence-corrected chi connectivity index (χ3v) is 9.27. The van der Waals surface area contributed by atoms with Crippen molar-refractivity contribution in [2.24, 2.45) is 5.41 Å². The Morgan fingerprint density at radius 2 is 1.84 bits per heavy atom. The van der Waals surface area contributed by atoms with Crippen LogP contribution < -0.4 is 16.2 Å². The number of ether oxygens (including phenoxy) is 2. The average Bonchev–Trinajstić information content (AvgIpc) is 3.49. The van der Waals surface area contributed by atoms with Crippen molar-refractivity contribution in [3.63, 3.8) is 0 Å². The maximum Gasteiger partial charge on any atom is 0.408 e. The summed E-state index contributed by atoms with van der Waals surface area (Å²) in [6.07, 6.45) is 1.78. The Bertz CT molecular complexity index is 1350. The van der Waals surface area contributed by atoms with Gasteiger partial charge < -0.3 is 25.0 Å². The number of alkyl carbamates (subject to hydrolysis) is 1. The van der Waals surface area contributed by atoms with Crippen molar-refractivity contribution in [3.05, 3.63) is 37.6 Å². The fraction of sp³-hybridized carbons (Fsp3) is 0.655. The number of aromatic nitrogens is 2. The monoisotopic (exact) mass is 729 g/mol. The molecule has 1 saturated carbocycles. The molecule has 0 spiro atoms. The summed E-state index contributed by atoms with van der Waals surface area (Å²) in [5, 5.41) is 9.82. The molecule has 3 amide bonds. The van der Waals surface area contributed by atoms with E-state index in [9.17, 15) is 24.0 Å². The molecule has 0 aromatic carbocycles. The van der Waals surface area contributed by atoms with E-state index in [0.717, 1.165) is 5.57 Å². The minimum atomic E-state index is -1.31. The molecule has 43 heavy (non-hydrogen) atoms. The van der Waals surface area contributed by atoms with E-state index >= 15 is 0 Å². The Labute approximate surface area is 268 Å². The van der Waals surface area contributed by atoms with Crippen molar-refractivity contribution >= 4 is 55.7 Å². The summed E-state index contributed by atoms with van der Waals surface area (Å²) in [7, 11) is 0. The molecule has 1 aromatic rings.